The largest absolute Gasteiger partial charge is 0.479 e. The molecule has 0 amide bonds. The monoisotopic (exact) mass is 182 g/mol. The van der Waals surface area contributed by atoms with Crippen molar-refractivity contribution < 1.29 is 4.74 Å². The van der Waals surface area contributed by atoms with Crippen LogP contribution in [-0.2, 0) is 0 Å². The zero-order chi connectivity index (χ0) is 9.84. The molecule has 0 aliphatic carbocycles. The summed E-state index contributed by atoms with van der Waals surface area (Å²) in [6.45, 7) is 4.54. The summed E-state index contributed by atoms with van der Waals surface area (Å²) in [4.78, 5) is 8.18. The summed E-state index contributed by atoms with van der Waals surface area (Å²) in [6.07, 6.45) is 0. The van der Waals surface area contributed by atoms with E-state index in [0.717, 1.165) is 6.54 Å². The first-order valence-electron chi connectivity index (χ1n) is 4.11. The molecule has 0 saturated heterocycles. The van der Waals surface area contributed by atoms with Crippen LogP contribution in [0.15, 0.2) is 0 Å². The van der Waals surface area contributed by atoms with Crippen molar-refractivity contribution >= 4 is 11.5 Å². The molecule has 3 N–H and O–H groups in total. The standard InChI is InChI=1S/C8H14N4O/c1-4-10-7-6(9)8(13-3)12-5(2)11-7/h4,9H2,1-3H3,(H,10,11,12). The lowest BCUT2D eigenvalue weighted by Gasteiger charge is -2.09. The predicted octanol–water partition coefficient (Wildman–Crippen LogP) is 0.808. The van der Waals surface area contributed by atoms with E-state index in [9.17, 15) is 0 Å². The zero-order valence-electron chi connectivity index (χ0n) is 8.09. The summed E-state index contributed by atoms with van der Waals surface area (Å²) >= 11 is 0. The van der Waals surface area contributed by atoms with E-state index >= 15 is 0 Å². The van der Waals surface area contributed by atoms with Gasteiger partial charge in [-0.2, -0.15) is 4.98 Å². The number of nitrogens with one attached hydrogen (secondary N) is 1. The average Bonchev–Trinajstić information content (AvgIpc) is 2.11. The zero-order valence-corrected chi connectivity index (χ0v) is 8.09. The summed E-state index contributed by atoms with van der Waals surface area (Å²) < 4.78 is 5.00. The maximum Gasteiger partial charge on any atom is 0.242 e. The number of nitrogen functional groups attached to an aromatic ring is 1. The van der Waals surface area contributed by atoms with Gasteiger partial charge in [0.05, 0.1) is 7.11 Å². The lowest BCUT2D eigenvalue weighted by atomic mass is 10.4. The Balaban J connectivity index is 3.11. The van der Waals surface area contributed by atoms with Gasteiger partial charge in [0.2, 0.25) is 5.88 Å². The minimum absolute atomic E-state index is 0.420. The molecule has 0 bridgehead atoms. The summed E-state index contributed by atoms with van der Waals surface area (Å²) in [5.74, 6) is 1.69. The number of hydrogen-bond acceptors (Lipinski definition) is 5. The van der Waals surface area contributed by atoms with Crippen LogP contribution < -0.4 is 15.8 Å². The Hall–Kier alpha value is -1.52. The predicted molar refractivity (Wildman–Crippen MR) is 51.9 cm³/mol. The number of methoxy groups -OCH3 is 1. The van der Waals surface area contributed by atoms with Gasteiger partial charge in [-0.25, -0.2) is 4.98 Å². The Kier molecular flexibility index (Phi) is 2.89. The second kappa shape index (κ2) is 3.93. The van der Waals surface area contributed by atoms with Crippen molar-refractivity contribution in [1.82, 2.24) is 9.97 Å². The van der Waals surface area contributed by atoms with Gasteiger partial charge in [-0.05, 0) is 13.8 Å². The van der Waals surface area contributed by atoms with Gasteiger partial charge in [0.15, 0.2) is 5.82 Å². The van der Waals surface area contributed by atoms with Gasteiger partial charge in [-0.15, -0.1) is 0 Å². The first kappa shape index (κ1) is 9.57. The van der Waals surface area contributed by atoms with Crippen molar-refractivity contribution in [2.45, 2.75) is 13.8 Å². The van der Waals surface area contributed by atoms with E-state index in [-0.39, 0.29) is 0 Å². The number of hydrogen-bond donors (Lipinski definition) is 2. The summed E-state index contributed by atoms with van der Waals surface area (Å²) in [5, 5.41) is 3.04. The fraction of sp³-hybridized carbons (Fsp3) is 0.500. The van der Waals surface area contributed by atoms with Crippen LogP contribution in [0.3, 0.4) is 0 Å². The maximum absolute atomic E-state index is 5.74. The average molecular weight is 182 g/mol. The number of ether oxygens (including phenoxy) is 1. The minimum atomic E-state index is 0.420. The van der Waals surface area contributed by atoms with Crippen LogP contribution in [-0.4, -0.2) is 23.6 Å². The molecule has 0 unspecified atom stereocenters. The number of nitrogens with two attached hydrogens (primary N) is 1. The quantitative estimate of drug-likeness (QED) is 0.723. The molecule has 0 aliphatic heterocycles. The highest BCUT2D eigenvalue weighted by Gasteiger charge is 2.08. The van der Waals surface area contributed by atoms with Crippen molar-refractivity contribution in [3.63, 3.8) is 0 Å². The normalized spacial score (nSPS) is 9.77. The molecule has 0 spiro atoms. The molecule has 13 heavy (non-hydrogen) atoms. The number of aromatic nitrogens is 2. The third-order valence-electron chi connectivity index (χ3n) is 1.56. The van der Waals surface area contributed by atoms with E-state index in [2.05, 4.69) is 15.3 Å². The second-order valence-electron chi connectivity index (χ2n) is 2.57. The van der Waals surface area contributed by atoms with E-state index in [4.69, 9.17) is 10.5 Å². The van der Waals surface area contributed by atoms with Gasteiger partial charge >= 0.3 is 0 Å². The lowest BCUT2D eigenvalue weighted by Crippen LogP contribution is -2.07. The van der Waals surface area contributed by atoms with Crippen LogP contribution in [0.25, 0.3) is 0 Å². The molecule has 72 valence electrons. The summed E-state index contributed by atoms with van der Waals surface area (Å²) in [6, 6.07) is 0. The second-order valence-corrected chi connectivity index (χ2v) is 2.57. The highest BCUT2D eigenvalue weighted by Crippen LogP contribution is 2.24. The summed E-state index contributed by atoms with van der Waals surface area (Å²) in [5.41, 5.74) is 6.19. The lowest BCUT2D eigenvalue weighted by molar-refractivity contribution is 0.398. The fourth-order valence-electron chi connectivity index (χ4n) is 1.01. The molecule has 5 nitrogen and oxygen atoms in total. The van der Waals surface area contributed by atoms with Gasteiger partial charge in [-0.1, -0.05) is 0 Å². The smallest absolute Gasteiger partial charge is 0.242 e. The molecule has 1 heterocycles. The molecular formula is C8H14N4O. The minimum Gasteiger partial charge on any atom is -0.479 e. The topological polar surface area (TPSA) is 73.1 Å². The first-order valence-corrected chi connectivity index (χ1v) is 4.11. The molecule has 5 heteroatoms. The molecule has 0 saturated carbocycles. The summed E-state index contributed by atoms with van der Waals surface area (Å²) in [7, 11) is 1.54. The van der Waals surface area contributed by atoms with Crippen LogP contribution in [0.1, 0.15) is 12.7 Å². The van der Waals surface area contributed by atoms with Crippen molar-refractivity contribution in [2.24, 2.45) is 0 Å². The molecular weight excluding hydrogens is 168 g/mol. The fourth-order valence-corrected chi connectivity index (χ4v) is 1.01. The highest BCUT2D eigenvalue weighted by molar-refractivity contribution is 5.66. The Morgan fingerprint density at radius 1 is 1.46 bits per heavy atom. The molecule has 0 fully saturated rings. The van der Waals surface area contributed by atoms with E-state index in [1.54, 1.807) is 6.92 Å². The van der Waals surface area contributed by atoms with Gasteiger partial charge in [0, 0.05) is 6.54 Å². The molecule has 1 aromatic rings. The maximum atomic E-state index is 5.74. The number of anilines is 2. The van der Waals surface area contributed by atoms with Crippen LogP contribution in [0.2, 0.25) is 0 Å². The van der Waals surface area contributed by atoms with Crippen molar-refractivity contribution in [2.75, 3.05) is 24.7 Å². The Morgan fingerprint density at radius 2 is 2.15 bits per heavy atom. The van der Waals surface area contributed by atoms with Crippen molar-refractivity contribution in [3.8, 4) is 5.88 Å². The van der Waals surface area contributed by atoms with E-state index < -0.39 is 0 Å². The molecule has 1 aromatic heterocycles. The number of rotatable bonds is 3. The molecule has 0 aromatic carbocycles. The third-order valence-corrected chi connectivity index (χ3v) is 1.56. The molecule has 0 aliphatic rings. The van der Waals surface area contributed by atoms with Gasteiger partial charge in [0.25, 0.3) is 0 Å². The van der Waals surface area contributed by atoms with E-state index in [0.29, 0.717) is 23.2 Å². The Labute approximate surface area is 77.3 Å². The van der Waals surface area contributed by atoms with E-state index in [1.807, 2.05) is 6.92 Å². The molecule has 0 atom stereocenters. The van der Waals surface area contributed by atoms with E-state index in [1.165, 1.54) is 7.11 Å². The molecule has 0 radical (unpaired) electrons. The van der Waals surface area contributed by atoms with Gasteiger partial charge in [-0.3, -0.25) is 0 Å². The van der Waals surface area contributed by atoms with Crippen LogP contribution in [0.5, 0.6) is 5.88 Å². The van der Waals surface area contributed by atoms with Crippen molar-refractivity contribution in [1.29, 1.82) is 0 Å². The SMILES string of the molecule is CCNc1nc(C)nc(OC)c1N. The highest BCUT2D eigenvalue weighted by atomic mass is 16.5. The number of nitrogens with zero attached hydrogens (tertiary/aromatic N) is 2. The van der Waals surface area contributed by atoms with Crippen LogP contribution >= 0.6 is 0 Å². The first-order chi connectivity index (χ1) is 6.19. The van der Waals surface area contributed by atoms with Crippen molar-refractivity contribution in [3.05, 3.63) is 5.82 Å². The van der Waals surface area contributed by atoms with Crippen LogP contribution in [0.4, 0.5) is 11.5 Å². The Morgan fingerprint density at radius 3 is 2.69 bits per heavy atom. The Bertz CT molecular complexity index is 300. The molecule has 1 rings (SSSR count). The third kappa shape index (κ3) is 1.99. The van der Waals surface area contributed by atoms with Gasteiger partial charge in [0.1, 0.15) is 11.5 Å². The number of aryl methyl sites for hydroxylation is 1. The van der Waals surface area contributed by atoms with Crippen LogP contribution in [0, 0.1) is 6.92 Å². The van der Waals surface area contributed by atoms with Gasteiger partial charge < -0.3 is 15.8 Å².